The van der Waals surface area contributed by atoms with Crippen LogP contribution in [0.2, 0.25) is 0 Å². The second-order valence-corrected chi connectivity index (χ2v) is 2.70. The first-order valence-corrected chi connectivity index (χ1v) is 4.23. The normalized spacial score (nSPS) is 20.5. The zero-order chi connectivity index (χ0) is 7.94. The van der Waals surface area contributed by atoms with Gasteiger partial charge in [-0.2, -0.15) is 0 Å². The Morgan fingerprint density at radius 2 is 2.09 bits per heavy atom. The minimum Gasteiger partial charge on any atom is -0.380 e. The molecule has 0 atom stereocenters. The van der Waals surface area contributed by atoms with Crippen molar-refractivity contribution in [3.05, 3.63) is 6.92 Å². The fourth-order valence-corrected chi connectivity index (χ4v) is 1.23. The molecular formula is C8H17N2O. The minimum atomic E-state index is 0.589. The van der Waals surface area contributed by atoms with Crippen LogP contribution in [0.5, 0.6) is 0 Å². The molecule has 0 aromatic rings. The first-order valence-electron chi connectivity index (χ1n) is 4.23. The van der Waals surface area contributed by atoms with Gasteiger partial charge < -0.3 is 10.1 Å². The highest BCUT2D eigenvalue weighted by molar-refractivity contribution is 4.66. The molecule has 0 aromatic carbocycles. The molecule has 3 nitrogen and oxygen atoms in total. The first-order chi connectivity index (χ1) is 5.43. The van der Waals surface area contributed by atoms with Crippen LogP contribution in [0.3, 0.4) is 0 Å². The van der Waals surface area contributed by atoms with Crippen molar-refractivity contribution in [2.24, 2.45) is 0 Å². The van der Waals surface area contributed by atoms with Crippen LogP contribution in [0, 0.1) is 6.92 Å². The molecule has 0 aliphatic carbocycles. The summed E-state index contributed by atoms with van der Waals surface area (Å²) in [7, 11) is 0. The highest BCUT2D eigenvalue weighted by atomic mass is 16.5. The maximum atomic E-state index is 5.16. The highest BCUT2D eigenvalue weighted by Crippen LogP contribution is 1.90. The van der Waals surface area contributed by atoms with E-state index in [-0.39, 0.29) is 0 Å². The molecule has 0 saturated carbocycles. The van der Waals surface area contributed by atoms with Gasteiger partial charge in [-0.25, -0.2) is 0 Å². The summed E-state index contributed by atoms with van der Waals surface area (Å²) in [6.45, 7) is 10.6. The minimum absolute atomic E-state index is 0.589. The maximum absolute atomic E-state index is 5.16. The zero-order valence-electron chi connectivity index (χ0n) is 7.01. The molecule has 3 heteroatoms. The van der Waals surface area contributed by atoms with E-state index in [1.54, 1.807) is 0 Å². The van der Waals surface area contributed by atoms with Crippen molar-refractivity contribution in [3.63, 3.8) is 0 Å². The number of hydrogen-bond donors (Lipinski definition) is 1. The molecule has 0 unspecified atom stereocenters. The first kappa shape index (κ1) is 8.97. The van der Waals surface area contributed by atoms with Crippen molar-refractivity contribution in [1.82, 2.24) is 10.2 Å². The van der Waals surface area contributed by atoms with Crippen LogP contribution >= 0.6 is 0 Å². The Balaban J connectivity index is 1.96. The van der Waals surface area contributed by atoms with E-state index >= 15 is 0 Å². The van der Waals surface area contributed by atoms with E-state index in [0.29, 0.717) is 6.61 Å². The van der Waals surface area contributed by atoms with Crippen LogP contribution in [-0.2, 0) is 4.74 Å². The predicted molar refractivity (Wildman–Crippen MR) is 45.5 cm³/mol. The molecule has 0 amide bonds. The molecule has 11 heavy (non-hydrogen) atoms. The lowest BCUT2D eigenvalue weighted by molar-refractivity contribution is 0.117. The van der Waals surface area contributed by atoms with E-state index in [2.05, 4.69) is 17.1 Å². The summed E-state index contributed by atoms with van der Waals surface area (Å²) in [6, 6.07) is 0. The number of piperazine rings is 1. The lowest BCUT2D eigenvalue weighted by atomic mass is 10.4. The summed E-state index contributed by atoms with van der Waals surface area (Å²) in [5.74, 6) is 0. The fourth-order valence-electron chi connectivity index (χ4n) is 1.23. The quantitative estimate of drug-likeness (QED) is 0.569. The number of nitrogens with zero attached hydrogens (tertiary/aromatic N) is 1. The summed E-state index contributed by atoms with van der Waals surface area (Å²) in [5, 5.41) is 3.31. The molecule has 1 rings (SSSR count). The Morgan fingerprint density at radius 1 is 1.36 bits per heavy atom. The SMILES string of the molecule is [CH2]COCCN1CCNCC1. The molecule has 1 fully saturated rings. The second kappa shape index (κ2) is 5.52. The number of ether oxygens (including phenoxy) is 1. The van der Waals surface area contributed by atoms with Crippen molar-refractivity contribution < 1.29 is 4.74 Å². The van der Waals surface area contributed by atoms with Gasteiger partial charge in [0.25, 0.3) is 0 Å². The fraction of sp³-hybridized carbons (Fsp3) is 0.875. The summed E-state index contributed by atoms with van der Waals surface area (Å²) in [5.41, 5.74) is 0. The molecule has 1 heterocycles. The number of rotatable bonds is 4. The Bertz CT molecular complexity index is 92.1. The van der Waals surface area contributed by atoms with Gasteiger partial charge >= 0.3 is 0 Å². The van der Waals surface area contributed by atoms with Crippen LogP contribution in [0.15, 0.2) is 0 Å². The van der Waals surface area contributed by atoms with E-state index < -0.39 is 0 Å². The van der Waals surface area contributed by atoms with Gasteiger partial charge in [-0.05, 0) is 6.92 Å². The topological polar surface area (TPSA) is 24.5 Å². The number of hydrogen-bond acceptors (Lipinski definition) is 3. The predicted octanol–water partition coefficient (Wildman–Crippen LogP) is -0.258. The van der Waals surface area contributed by atoms with E-state index in [9.17, 15) is 0 Å². The van der Waals surface area contributed by atoms with Crippen molar-refractivity contribution in [2.45, 2.75) is 0 Å². The van der Waals surface area contributed by atoms with Crippen molar-refractivity contribution in [3.8, 4) is 0 Å². The Labute approximate surface area is 68.7 Å². The van der Waals surface area contributed by atoms with Gasteiger partial charge in [0.2, 0.25) is 0 Å². The number of nitrogens with one attached hydrogen (secondary N) is 1. The lowest BCUT2D eigenvalue weighted by Gasteiger charge is -2.26. The molecule has 1 aliphatic heterocycles. The molecule has 65 valence electrons. The molecular weight excluding hydrogens is 140 g/mol. The molecule has 1 N–H and O–H groups in total. The third kappa shape index (κ3) is 3.70. The van der Waals surface area contributed by atoms with Crippen molar-refractivity contribution in [1.29, 1.82) is 0 Å². The average molecular weight is 157 g/mol. The Hall–Kier alpha value is -0.120. The van der Waals surface area contributed by atoms with E-state index in [0.717, 1.165) is 39.3 Å². The van der Waals surface area contributed by atoms with Crippen molar-refractivity contribution >= 4 is 0 Å². The van der Waals surface area contributed by atoms with E-state index in [1.807, 2.05) is 0 Å². The largest absolute Gasteiger partial charge is 0.380 e. The summed E-state index contributed by atoms with van der Waals surface area (Å²) in [4.78, 5) is 2.41. The monoisotopic (exact) mass is 157 g/mol. The van der Waals surface area contributed by atoms with E-state index in [4.69, 9.17) is 4.74 Å². The van der Waals surface area contributed by atoms with Crippen LogP contribution in [-0.4, -0.2) is 50.8 Å². The van der Waals surface area contributed by atoms with Gasteiger partial charge in [0, 0.05) is 39.3 Å². The van der Waals surface area contributed by atoms with Crippen LogP contribution < -0.4 is 5.32 Å². The third-order valence-corrected chi connectivity index (χ3v) is 1.91. The maximum Gasteiger partial charge on any atom is 0.0593 e. The van der Waals surface area contributed by atoms with Crippen LogP contribution in [0.25, 0.3) is 0 Å². The third-order valence-electron chi connectivity index (χ3n) is 1.91. The average Bonchev–Trinajstić information content (AvgIpc) is 2.07. The molecule has 1 saturated heterocycles. The summed E-state index contributed by atoms with van der Waals surface area (Å²) < 4.78 is 5.16. The Morgan fingerprint density at radius 3 is 2.73 bits per heavy atom. The second-order valence-electron chi connectivity index (χ2n) is 2.70. The smallest absolute Gasteiger partial charge is 0.0593 e. The molecule has 0 bridgehead atoms. The Kier molecular flexibility index (Phi) is 4.50. The van der Waals surface area contributed by atoms with Gasteiger partial charge in [-0.3, -0.25) is 4.90 Å². The zero-order valence-corrected chi connectivity index (χ0v) is 7.01. The van der Waals surface area contributed by atoms with E-state index in [1.165, 1.54) is 0 Å². The van der Waals surface area contributed by atoms with Crippen LogP contribution in [0.1, 0.15) is 0 Å². The molecule has 0 spiro atoms. The molecule has 1 radical (unpaired) electrons. The van der Waals surface area contributed by atoms with Crippen LogP contribution in [0.4, 0.5) is 0 Å². The van der Waals surface area contributed by atoms with Gasteiger partial charge in [-0.15, -0.1) is 0 Å². The summed E-state index contributed by atoms with van der Waals surface area (Å²) in [6.07, 6.45) is 0. The van der Waals surface area contributed by atoms with Gasteiger partial charge in [-0.1, -0.05) is 0 Å². The van der Waals surface area contributed by atoms with Gasteiger partial charge in [0.15, 0.2) is 0 Å². The standard InChI is InChI=1S/C8H17N2O/c1-2-11-8-7-10-5-3-9-4-6-10/h9H,1-8H2. The molecule has 1 aliphatic rings. The lowest BCUT2D eigenvalue weighted by Crippen LogP contribution is -2.44. The highest BCUT2D eigenvalue weighted by Gasteiger charge is 2.07. The van der Waals surface area contributed by atoms with Gasteiger partial charge in [0.1, 0.15) is 0 Å². The van der Waals surface area contributed by atoms with Crippen molar-refractivity contribution in [2.75, 3.05) is 45.9 Å². The molecule has 0 aromatic heterocycles. The summed E-state index contributed by atoms with van der Waals surface area (Å²) >= 11 is 0. The van der Waals surface area contributed by atoms with Gasteiger partial charge in [0.05, 0.1) is 6.61 Å².